The first-order valence-electron chi connectivity index (χ1n) is 6.26. The lowest BCUT2D eigenvalue weighted by molar-refractivity contribution is 0.296. The number of hydrogen-bond donors (Lipinski definition) is 1. The van der Waals surface area contributed by atoms with Crippen LogP contribution in [-0.2, 0) is 13.6 Å². The van der Waals surface area contributed by atoms with E-state index in [2.05, 4.69) is 38.2 Å². The summed E-state index contributed by atoms with van der Waals surface area (Å²) in [4.78, 5) is 2.57. The fraction of sp³-hybridized carbons (Fsp3) is 0.750. The van der Waals surface area contributed by atoms with Crippen LogP contribution in [0.5, 0.6) is 0 Å². The number of aryl methyl sites for hydroxylation is 2. The number of nitrogens with zero attached hydrogens (tertiary/aromatic N) is 3. The molecule has 0 saturated carbocycles. The van der Waals surface area contributed by atoms with E-state index in [1.165, 1.54) is 36.3 Å². The normalized spacial score (nSPS) is 28.9. The van der Waals surface area contributed by atoms with Crippen molar-refractivity contribution < 1.29 is 0 Å². The van der Waals surface area contributed by atoms with Crippen LogP contribution in [0.2, 0.25) is 0 Å². The molecule has 3 rings (SSSR count). The van der Waals surface area contributed by atoms with E-state index >= 15 is 0 Å². The van der Waals surface area contributed by atoms with Crippen molar-refractivity contribution in [3.05, 3.63) is 15.9 Å². The molecule has 94 valence electrons. The van der Waals surface area contributed by atoms with Crippen molar-refractivity contribution in [3.8, 4) is 0 Å². The van der Waals surface area contributed by atoms with Crippen LogP contribution in [0.15, 0.2) is 4.47 Å². The van der Waals surface area contributed by atoms with Crippen molar-refractivity contribution in [1.82, 2.24) is 20.0 Å². The third-order valence-corrected chi connectivity index (χ3v) is 5.13. The number of fused-ring (bicyclic) bond motifs is 1. The topological polar surface area (TPSA) is 33.1 Å². The summed E-state index contributed by atoms with van der Waals surface area (Å²) >= 11 is 3.65. The maximum Gasteiger partial charge on any atom is 0.0739 e. The van der Waals surface area contributed by atoms with E-state index in [-0.39, 0.29) is 0 Å². The molecule has 0 amide bonds. The Morgan fingerprint density at radius 1 is 1.35 bits per heavy atom. The maximum atomic E-state index is 4.46. The summed E-state index contributed by atoms with van der Waals surface area (Å²) in [5.41, 5.74) is 2.39. The highest BCUT2D eigenvalue weighted by molar-refractivity contribution is 9.10. The van der Waals surface area contributed by atoms with Gasteiger partial charge in [0.1, 0.15) is 0 Å². The van der Waals surface area contributed by atoms with Crippen LogP contribution in [0.1, 0.15) is 11.4 Å². The van der Waals surface area contributed by atoms with E-state index in [0.717, 1.165) is 24.1 Å². The Kier molecular flexibility index (Phi) is 3.00. The second-order valence-electron chi connectivity index (χ2n) is 5.34. The van der Waals surface area contributed by atoms with Crippen LogP contribution in [0.25, 0.3) is 0 Å². The molecule has 5 heteroatoms. The predicted octanol–water partition coefficient (Wildman–Crippen LogP) is 1.14. The molecule has 2 atom stereocenters. The average Bonchev–Trinajstić information content (AvgIpc) is 2.89. The van der Waals surface area contributed by atoms with Gasteiger partial charge in [-0.15, -0.1) is 0 Å². The number of likely N-dealkylation sites (tertiary alicyclic amines) is 1. The molecule has 2 fully saturated rings. The van der Waals surface area contributed by atoms with Gasteiger partial charge in [0.05, 0.1) is 15.9 Å². The van der Waals surface area contributed by atoms with E-state index in [1.54, 1.807) is 0 Å². The maximum absolute atomic E-state index is 4.46. The summed E-state index contributed by atoms with van der Waals surface area (Å²) < 4.78 is 3.18. The van der Waals surface area contributed by atoms with Gasteiger partial charge in [-0.05, 0) is 47.8 Å². The van der Waals surface area contributed by atoms with Gasteiger partial charge >= 0.3 is 0 Å². The first-order chi connectivity index (χ1) is 8.15. The van der Waals surface area contributed by atoms with Gasteiger partial charge in [0.25, 0.3) is 0 Å². The third kappa shape index (κ3) is 2.04. The molecular formula is C12H19BrN4. The second-order valence-corrected chi connectivity index (χ2v) is 6.14. The Bertz CT molecular complexity index is 416. The van der Waals surface area contributed by atoms with Crippen molar-refractivity contribution >= 4 is 15.9 Å². The lowest BCUT2D eigenvalue weighted by Gasteiger charge is -2.17. The first kappa shape index (κ1) is 11.7. The lowest BCUT2D eigenvalue weighted by atomic mass is 10.0. The van der Waals surface area contributed by atoms with Crippen LogP contribution in [0.4, 0.5) is 0 Å². The van der Waals surface area contributed by atoms with Gasteiger partial charge < -0.3 is 5.32 Å². The molecule has 0 unspecified atom stereocenters. The number of nitrogens with one attached hydrogen (secondary N) is 1. The Balaban J connectivity index is 1.71. The zero-order chi connectivity index (χ0) is 12.0. The molecule has 4 nitrogen and oxygen atoms in total. The van der Waals surface area contributed by atoms with Crippen molar-refractivity contribution in [1.29, 1.82) is 0 Å². The van der Waals surface area contributed by atoms with Gasteiger partial charge in [0, 0.05) is 26.7 Å². The molecule has 3 heterocycles. The zero-order valence-corrected chi connectivity index (χ0v) is 12.0. The van der Waals surface area contributed by atoms with Gasteiger partial charge in [-0.25, -0.2) is 0 Å². The van der Waals surface area contributed by atoms with E-state index in [0.29, 0.717) is 0 Å². The fourth-order valence-corrected chi connectivity index (χ4v) is 3.61. The van der Waals surface area contributed by atoms with E-state index < -0.39 is 0 Å². The van der Waals surface area contributed by atoms with Gasteiger partial charge in [0.2, 0.25) is 0 Å². The highest BCUT2D eigenvalue weighted by Crippen LogP contribution is 2.29. The summed E-state index contributed by atoms with van der Waals surface area (Å²) in [5, 5.41) is 7.94. The minimum absolute atomic E-state index is 0.864. The average molecular weight is 299 g/mol. The quantitative estimate of drug-likeness (QED) is 0.889. The molecule has 1 aromatic heterocycles. The van der Waals surface area contributed by atoms with Crippen molar-refractivity contribution in [3.63, 3.8) is 0 Å². The number of hydrogen-bond acceptors (Lipinski definition) is 3. The molecule has 1 N–H and O–H groups in total. The molecule has 0 aliphatic carbocycles. The van der Waals surface area contributed by atoms with Gasteiger partial charge in [-0.1, -0.05) is 0 Å². The van der Waals surface area contributed by atoms with E-state index in [4.69, 9.17) is 0 Å². The van der Waals surface area contributed by atoms with Crippen molar-refractivity contribution in [2.45, 2.75) is 13.5 Å². The predicted molar refractivity (Wildman–Crippen MR) is 70.8 cm³/mol. The van der Waals surface area contributed by atoms with E-state index in [1.807, 2.05) is 11.7 Å². The largest absolute Gasteiger partial charge is 0.316 e. The van der Waals surface area contributed by atoms with Crippen LogP contribution in [-0.4, -0.2) is 40.9 Å². The molecule has 0 radical (unpaired) electrons. The minimum Gasteiger partial charge on any atom is -0.316 e. The number of halogens is 1. The van der Waals surface area contributed by atoms with Crippen molar-refractivity contribution in [2.75, 3.05) is 26.2 Å². The minimum atomic E-state index is 0.864. The molecule has 2 saturated heterocycles. The summed E-state index contributed by atoms with van der Waals surface area (Å²) in [6.07, 6.45) is 0. The summed E-state index contributed by atoms with van der Waals surface area (Å²) in [7, 11) is 2.03. The summed E-state index contributed by atoms with van der Waals surface area (Å²) in [5.74, 6) is 1.73. The third-order valence-electron chi connectivity index (χ3n) is 4.10. The molecule has 17 heavy (non-hydrogen) atoms. The molecule has 0 aromatic carbocycles. The van der Waals surface area contributed by atoms with E-state index in [9.17, 15) is 0 Å². The monoisotopic (exact) mass is 298 g/mol. The fourth-order valence-electron chi connectivity index (χ4n) is 3.15. The molecular weight excluding hydrogens is 280 g/mol. The Labute approximate surface area is 110 Å². The number of aromatic nitrogens is 2. The van der Waals surface area contributed by atoms with Gasteiger partial charge in [0.15, 0.2) is 0 Å². The standard InChI is InChI=1S/C12H19BrN4/c1-8-12(13)11(16(2)15-8)7-17-5-9-3-14-4-10(9)6-17/h9-10,14H,3-7H2,1-2H3/t9-,10+. The van der Waals surface area contributed by atoms with Crippen LogP contribution in [0.3, 0.4) is 0 Å². The Morgan fingerprint density at radius 3 is 2.53 bits per heavy atom. The van der Waals surface area contributed by atoms with Crippen molar-refractivity contribution in [2.24, 2.45) is 18.9 Å². The van der Waals surface area contributed by atoms with Crippen LogP contribution >= 0.6 is 15.9 Å². The Hall–Kier alpha value is -0.390. The molecule has 2 aliphatic rings. The number of rotatable bonds is 2. The van der Waals surface area contributed by atoms with Gasteiger partial charge in [-0.2, -0.15) is 5.10 Å². The zero-order valence-electron chi connectivity index (χ0n) is 10.4. The molecule has 0 spiro atoms. The highest BCUT2D eigenvalue weighted by atomic mass is 79.9. The molecule has 2 aliphatic heterocycles. The molecule has 0 bridgehead atoms. The Morgan fingerprint density at radius 2 is 2.00 bits per heavy atom. The van der Waals surface area contributed by atoms with Crippen LogP contribution < -0.4 is 5.32 Å². The lowest BCUT2D eigenvalue weighted by Crippen LogP contribution is -2.26. The van der Waals surface area contributed by atoms with Gasteiger partial charge in [-0.3, -0.25) is 9.58 Å². The second kappa shape index (κ2) is 4.37. The summed E-state index contributed by atoms with van der Waals surface area (Å²) in [6.45, 7) is 7.93. The summed E-state index contributed by atoms with van der Waals surface area (Å²) in [6, 6.07) is 0. The smallest absolute Gasteiger partial charge is 0.0739 e. The van der Waals surface area contributed by atoms with Crippen LogP contribution in [0, 0.1) is 18.8 Å². The SMILES string of the molecule is Cc1nn(C)c(CN2C[C@H]3CNC[C@H]3C2)c1Br. The first-order valence-corrected chi connectivity index (χ1v) is 7.05. The highest BCUT2D eigenvalue weighted by Gasteiger charge is 2.36. The molecule has 1 aromatic rings.